The molecule has 1 fully saturated rings. The Morgan fingerprint density at radius 3 is 2.48 bits per heavy atom. The second-order valence-electron chi connectivity index (χ2n) is 7.17. The van der Waals surface area contributed by atoms with Gasteiger partial charge in [0.1, 0.15) is 0 Å². The summed E-state index contributed by atoms with van der Waals surface area (Å²) in [4.78, 5) is 21.8. The van der Waals surface area contributed by atoms with Crippen LogP contribution in [0.2, 0.25) is 0 Å². The van der Waals surface area contributed by atoms with Gasteiger partial charge in [0.25, 0.3) is 0 Å². The SMILES string of the molecule is CN(C)CCN(C(=O)C1CCCC1)c1nc2ccc(S(C)(=O)=O)cc2s1.Cl. The summed E-state index contributed by atoms with van der Waals surface area (Å²) in [6.45, 7) is 1.34. The highest BCUT2D eigenvalue weighted by Gasteiger charge is 2.29. The number of halogens is 1. The summed E-state index contributed by atoms with van der Waals surface area (Å²) in [5, 5.41) is 0.657. The number of rotatable bonds is 6. The van der Waals surface area contributed by atoms with Crippen LogP contribution < -0.4 is 4.90 Å². The monoisotopic (exact) mass is 431 g/mol. The molecule has 0 N–H and O–H groups in total. The number of sulfone groups is 1. The van der Waals surface area contributed by atoms with Gasteiger partial charge in [-0.1, -0.05) is 24.2 Å². The van der Waals surface area contributed by atoms with Crippen LogP contribution in [-0.4, -0.2) is 57.6 Å². The van der Waals surface area contributed by atoms with Crippen molar-refractivity contribution in [2.75, 3.05) is 38.3 Å². The normalized spacial score (nSPS) is 15.3. The van der Waals surface area contributed by atoms with Gasteiger partial charge in [-0.15, -0.1) is 12.4 Å². The summed E-state index contributed by atoms with van der Waals surface area (Å²) in [6, 6.07) is 4.94. The van der Waals surface area contributed by atoms with Gasteiger partial charge in [0.05, 0.1) is 15.1 Å². The second kappa shape index (κ2) is 8.86. The summed E-state index contributed by atoms with van der Waals surface area (Å²) in [5.74, 6) is 0.225. The molecule has 1 aliphatic carbocycles. The molecule has 27 heavy (non-hydrogen) atoms. The fourth-order valence-corrected chi connectivity index (χ4v) is 4.99. The number of anilines is 1. The van der Waals surface area contributed by atoms with Crippen LogP contribution in [0.1, 0.15) is 25.7 Å². The number of carbonyl (C=O) groups excluding carboxylic acids is 1. The number of aromatic nitrogens is 1. The lowest BCUT2D eigenvalue weighted by Crippen LogP contribution is -2.39. The predicted molar refractivity (Wildman–Crippen MR) is 113 cm³/mol. The van der Waals surface area contributed by atoms with E-state index in [9.17, 15) is 13.2 Å². The summed E-state index contributed by atoms with van der Waals surface area (Å²) in [7, 11) is 0.698. The van der Waals surface area contributed by atoms with E-state index < -0.39 is 9.84 Å². The Morgan fingerprint density at radius 1 is 1.22 bits per heavy atom. The summed E-state index contributed by atoms with van der Waals surface area (Å²) in [5.41, 5.74) is 0.728. The van der Waals surface area contributed by atoms with Crippen molar-refractivity contribution >= 4 is 54.8 Å². The summed E-state index contributed by atoms with van der Waals surface area (Å²) >= 11 is 1.39. The average Bonchev–Trinajstić information content (AvgIpc) is 3.22. The number of amides is 1. The molecule has 0 unspecified atom stereocenters. The van der Waals surface area contributed by atoms with Gasteiger partial charge < -0.3 is 4.90 Å². The standard InChI is InChI=1S/C18H25N3O3S2.ClH/c1-20(2)10-11-21(17(22)13-6-4-5-7-13)18-19-15-9-8-14(26(3,23)24)12-16(15)25-18;/h8-9,12-13H,4-7,10-11H2,1-3H3;1H. The first-order valence-electron chi connectivity index (χ1n) is 8.82. The maximum Gasteiger partial charge on any atom is 0.231 e. The number of hydrogen-bond acceptors (Lipinski definition) is 6. The van der Waals surface area contributed by atoms with Crippen LogP contribution in [0, 0.1) is 5.92 Å². The lowest BCUT2D eigenvalue weighted by molar-refractivity contribution is -0.122. The zero-order chi connectivity index (χ0) is 18.9. The number of nitrogens with zero attached hydrogens (tertiary/aromatic N) is 3. The zero-order valence-electron chi connectivity index (χ0n) is 15.8. The second-order valence-corrected chi connectivity index (χ2v) is 10.2. The highest BCUT2D eigenvalue weighted by Crippen LogP contribution is 2.33. The maximum atomic E-state index is 13.0. The fraction of sp³-hybridized carbons (Fsp3) is 0.556. The number of fused-ring (bicyclic) bond motifs is 1. The molecule has 0 bridgehead atoms. The molecule has 1 aromatic carbocycles. The quantitative estimate of drug-likeness (QED) is 0.702. The van der Waals surface area contributed by atoms with Crippen LogP contribution in [0.25, 0.3) is 10.2 Å². The van der Waals surface area contributed by atoms with Gasteiger partial charge in [-0.05, 0) is 45.1 Å². The van der Waals surface area contributed by atoms with Gasteiger partial charge in [0, 0.05) is 25.3 Å². The minimum absolute atomic E-state index is 0. The smallest absolute Gasteiger partial charge is 0.231 e. The molecule has 1 heterocycles. The lowest BCUT2D eigenvalue weighted by Gasteiger charge is -2.24. The molecule has 0 atom stereocenters. The first kappa shape index (κ1) is 22.1. The number of likely N-dealkylation sites (N-methyl/N-ethyl adjacent to an activating group) is 1. The molecule has 150 valence electrons. The van der Waals surface area contributed by atoms with E-state index in [0.29, 0.717) is 11.7 Å². The van der Waals surface area contributed by atoms with E-state index in [1.54, 1.807) is 23.1 Å². The molecule has 2 aromatic rings. The van der Waals surface area contributed by atoms with Crippen molar-refractivity contribution in [3.63, 3.8) is 0 Å². The molecule has 0 radical (unpaired) electrons. The Kier molecular flexibility index (Phi) is 7.24. The first-order valence-corrected chi connectivity index (χ1v) is 11.5. The van der Waals surface area contributed by atoms with Crippen molar-refractivity contribution < 1.29 is 13.2 Å². The van der Waals surface area contributed by atoms with E-state index in [4.69, 9.17) is 0 Å². The van der Waals surface area contributed by atoms with Crippen molar-refractivity contribution in [1.29, 1.82) is 0 Å². The topological polar surface area (TPSA) is 70.6 Å². The predicted octanol–water partition coefficient (Wildman–Crippen LogP) is 3.21. The molecule has 0 saturated heterocycles. The van der Waals surface area contributed by atoms with Gasteiger partial charge in [-0.3, -0.25) is 9.69 Å². The van der Waals surface area contributed by atoms with Crippen LogP contribution in [0.15, 0.2) is 23.1 Å². The van der Waals surface area contributed by atoms with Crippen molar-refractivity contribution in [3.8, 4) is 0 Å². The number of thiazole rings is 1. The Labute approximate surface area is 170 Å². The minimum Gasteiger partial charge on any atom is -0.308 e. The van der Waals surface area contributed by atoms with E-state index in [1.165, 1.54) is 17.6 Å². The van der Waals surface area contributed by atoms with E-state index in [2.05, 4.69) is 4.98 Å². The van der Waals surface area contributed by atoms with Gasteiger partial charge in [0.2, 0.25) is 5.91 Å². The Hall–Kier alpha value is -1.22. The van der Waals surface area contributed by atoms with Gasteiger partial charge in [-0.2, -0.15) is 0 Å². The largest absolute Gasteiger partial charge is 0.308 e. The number of hydrogen-bond donors (Lipinski definition) is 0. The van der Waals surface area contributed by atoms with Crippen LogP contribution in [-0.2, 0) is 14.6 Å². The summed E-state index contributed by atoms with van der Waals surface area (Å²) in [6.07, 6.45) is 5.30. The van der Waals surface area contributed by atoms with Crippen molar-refractivity contribution in [3.05, 3.63) is 18.2 Å². The molecule has 6 nitrogen and oxygen atoms in total. The third-order valence-corrected chi connectivity index (χ3v) is 6.90. The molecule has 1 aliphatic rings. The molecule has 1 saturated carbocycles. The molecule has 1 aromatic heterocycles. The number of carbonyl (C=O) groups is 1. The fourth-order valence-electron chi connectivity index (χ4n) is 3.23. The van der Waals surface area contributed by atoms with Crippen molar-refractivity contribution in [1.82, 2.24) is 9.88 Å². The molecular weight excluding hydrogens is 406 g/mol. The third-order valence-electron chi connectivity index (χ3n) is 4.75. The first-order chi connectivity index (χ1) is 12.3. The van der Waals surface area contributed by atoms with E-state index >= 15 is 0 Å². The molecule has 9 heteroatoms. The maximum absolute atomic E-state index is 13.0. The number of benzene rings is 1. The Morgan fingerprint density at radius 2 is 1.89 bits per heavy atom. The van der Waals surface area contributed by atoms with Gasteiger partial charge in [0.15, 0.2) is 15.0 Å². The molecular formula is C18H26ClN3O3S2. The highest BCUT2D eigenvalue weighted by molar-refractivity contribution is 7.90. The lowest BCUT2D eigenvalue weighted by atomic mass is 10.1. The minimum atomic E-state index is -3.26. The molecule has 3 rings (SSSR count). The molecule has 0 aliphatic heterocycles. The van der Waals surface area contributed by atoms with Gasteiger partial charge in [-0.25, -0.2) is 13.4 Å². The van der Waals surface area contributed by atoms with E-state index in [-0.39, 0.29) is 29.1 Å². The van der Waals surface area contributed by atoms with E-state index in [0.717, 1.165) is 42.4 Å². The van der Waals surface area contributed by atoms with Crippen molar-refractivity contribution in [2.24, 2.45) is 5.92 Å². The summed E-state index contributed by atoms with van der Waals surface area (Å²) < 4.78 is 24.4. The zero-order valence-corrected chi connectivity index (χ0v) is 18.3. The molecule has 1 amide bonds. The van der Waals surface area contributed by atoms with Crippen molar-refractivity contribution in [2.45, 2.75) is 30.6 Å². The van der Waals surface area contributed by atoms with Crippen LogP contribution in [0.3, 0.4) is 0 Å². The van der Waals surface area contributed by atoms with Crippen LogP contribution >= 0.6 is 23.7 Å². The average molecular weight is 432 g/mol. The Bertz CT molecular complexity index is 906. The Balaban J connectivity index is 0.00000261. The molecule has 0 spiro atoms. The van der Waals surface area contributed by atoms with Crippen LogP contribution in [0.5, 0.6) is 0 Å². The van der Waals surface area contributed by atoms with E-state index in [1.807, 2.05) is 19.0 Å². The van der Waals surface area contributed by atoms with Gasteiger partial charge >= 0.3 is 0 Å². The third kappa shape index (κ3) is 5.19. The van der Waals surface area contributed by atoms with Crippen LogP contribution in [0.4, 0.5) is 5.13 Å². The highest BCUT2D eigenvalue weighted by atomic mass is 35.5.